The van der Waals surface area contributed by atoms with E-state index in [2.05, 4.69) is 10.6 Å². The fourth-order valence-electron chi connectivity index (χ4n) is 4.66. The molecule has 5 rings (SSSR count). The van der Waals surface area contributed by atoms with Crippen LogP contribution in [0.1, 0.15) is 40.1 Å². The summed E-state index contributed by atoms with van der Waals surface area (Å²) < 4.78 is 5.75. The molecule has 10 heteroatoms. The standard InChI is InChI=1S/C28H29N5O4S/c29-25(30)19-12-22(38-16-19)14-31-27(36)23-13-28(10-11-28)17-33(23)24(34)15-32-26(35)18-6-8-21(9-7-18)37-20-4-2-1-3-5-20/h1-9,12,16,23H,10-11,13-15,17H2,(H3,29,30)(H,31,36)(H,32,35)/t23-/m0/s1. The maximum Gasteiger partial charge on any atom is 0.251 e. The number of nitrogens with zero attached hydrogens (tertiary/aromatic N) is 1. The first-order valence-corrected chi connectivity index (χ1v) is 13.3. The van der Waals surface area contributed by atoms with E-state index >= 15 is 0 Å². The van der Waals surface area contributed by atoms with Gasteiger partial charge in [-0.2, -0.15) is 0 Å². The van der Waals surface area contributed by atoms with Crippen molar-refractivity contribution in [3.05, 3.63) is 82.0 Å². The van der Waals surface area contributed by atoms with Crippen molar-refractivity contribution in [2.45, 2.75) is 31.8 Å². The lowest BCUT2D eigenvalue weighted by Gasteiger charge is -2.24. The number of amidine groups is 1. The molecule has 0 unspecified atom stereocenters. The van der Waals surface area contributed by atoms with Crippen LogP contribution in [0.15, 0.2) is 66.0 Å². The third-order valence-electron chi connectivity index (χ3n) is 6.99. The van der Waals surface area contributed by atoms with Gasteiger partial charge in [0.25, 0.3) is 5.91 Å². The molecule has 0 radical (unpaired) electrons. The third-order valence-corrected chi connectivity index (χ3v) is 7.92. The number of carbonyl (C=O) groups is 3. The number of para-hydroxylation sites is 1. The average Bonchev–Trinajstić information content (AvgIpc) is 3.32. The van der Waals surface area contributed by atoms with Crippen molar-refractivity contribution >= 4 is 34.9 Å². The predicted octanol–water partition coefficient (Wildman–Crippen LogP) is 3.25. The van der Waals surface area contributed by atoms with Gasteiger partial charge in [-0.1, -0.05) is 18.2 Å². The van der Waals surface area contributed by atoms with Crippen LogP contribution in [0, 0.1) is 10.8 Å². The summed E-state index contributed by atoms with van der Waals surface area (Å²) in [7, 11) is 0. The molecular formula is C28H29N5O4S. The smallest absolute Gasteiger partial charge is 0.251 e. The zero-order chi connectivity index (χ0) is 26.7. The van der Waals surface area contributed by atoms with Crippen molar-refractivity contribution in [2.24, 2.45) is 11.1 Å². The number of carbonyl (C=O) groups excluding carboxylic acids is 3. The molecule has 2 fully saturated rings. The lowest BCUT2D eigenvalue weighted by molar-refractivity contribution is -0.137. The number of nitrogens with one attached hydrogen (secondary N) is 3. The van der Waals surface area contributed by atoms with Crippen LogP contribution in [0.25, 0.3) is 0 Å². The lowest BCUT2D eigenvalue weighted by Crippen LogP contribution is -2.48. The molecule has 1 saturated heterocycles. The Hall–Kier alpha value is -4.18. The molecule has 196 valence electrons. The van der Waals surface area contributed by atoms with E-state index in [1.165, 1.54) is 11.3 Å². The van der Waals surface area contributed by atoms with Gasteiger partial charge in [-0.15, -0.1) is 11.3 Å². The molecule has 1 aliphatic carbocycles. The summed E-state index contributed by atoms with van der Waals surface area (Å²) in [5.41, 5.74) is 6.57. The minimum Gasteiger partial charge on any atom is -0.457 e. The molecule has 1 aliphatic heterocycles. The van der Waals surface area contributed by atoms with Crippen LogP contribution in [-0.2, 0) is 16.1 Å². The number of hydrogen-bond donors (Lipinski definition) is 4. The third kappa shape index (κ3) is 5.86. The molecule has 1 aromatic heterocycles. The van der Waals surface area contributed by atoms with Gasteiger partial charge in [0.2, 0.25) is 11.8 Å². The van der Waals surface area contributed by atoms with Crippen LogP contribution < -0.4 is 21.1 Å². The number of amides is 3. The zero-order valence-electron chi connectivity index (χ0n) is 20.7. The molecule has 2 aromatic carbocycles. The van der Waals surface area contributed by atoms with Crippen LogP contribution >= 0.6 is 11.3 Å². The molecule has 3 aromatic rings. The van der Waals surface area contributed by atoms with Crippen molar-refractivity contribution in [3.8, 4) is 11.5 Å². The van der Waals surface area contributed by atoms with E-state index in [1.54, 1.807) is 40.6 Å². The van der Waals surface area contributed by atoms with Gasteiger partial charge in [0.15, 0.2) is 0 Å². The van der Waals surface area contributed by atoms with E-state index in [9.17, 15) is 14.4 Å². The van der Waals surface area contributed by atoms with Gasteiger partial charge in [-0.25, -0.2) is 0 Å². The second-order valence-electron chi connectivity index (χ2n) is 9.80. The highest BCUT2D eigenvalue weighted by molar-refractivity contribution is 7.10. The molecule has 38 heavy (non-hydrogen) atoms. The Balaban J connectivity index is 1.15. The SMILES string of the molecule is N=C(N)c1csc(CNC(=O)[C@@H]2CC3(CC3)CN2C(=O)CNC(=O)c2ccc(Oc3ccccc3)cc2)c1. The van der Waals surface area contributed by atoms with Crippen LogP contribution in [0.4, 0.5) is 0 Å². The highest BCUT2D eigenvalue weighted by Gasteiger charge is 2.55. The van der Waals surface area contributed by atoms with Gasteiger partial charge in [-0.05, 0) is 67.1 Å². The van der Waals surface area contributed by atoms with E-state index in [1.807, 2.05) is 30.3 Å². The molecule has 2 heterocycles. The quantitative estimate of drug-likeness (QED) is 0.248. The van der Waals surface area contributed by atoms with Gasteiger partial charge in [-0.3, -0.25) is 19.8 Å². The van der Waals surface area contributed by atoms with E-state index in [0.717, 1.165) is 17.7 Å². The van der Waals surface area contributed by atoms with Crippen molar-refractivity contribution < 1.29 is 19.1 Å². The fraction of sp³-hybridized carbons (Fsp3) is 0.286. The Morgan fingerprint density at radius 3 is 2.39 bits per heavy atom. The van der Waals surface area contributed by atoms with E-state index in [4.69, 9.17) is 15.9 Å². The second-order valence-corrected chi connectivity index (χ2v) is 10.8. The van der Waals surface area contributed by atoms with Crippen molar-refractivity contribution in [1.82, 2.24) is 15.5 Å². The van der Waals surface area contributed by atoms with E-state index < -0.39 is 6.04 Å². The molecule has 0 bridgehead atoms. The maximum absolute atomic E-state index is 13.1. The Labute approximate surface area is 224 Å². The summed E-state index contributed by atoms with van der Waals surface area (Å²) >= 11 is 1.42. The summed E-state index contributed by atoms with van der Waals surface area (Å²) in [5.74, 6) is 0.431. The summed E-state index contributed by atoms with van der Waals surface area (Å²) in [6.07, 6.45) is 2.62. The van der Waals surface area contributed by atoms with Gasteiger partial charge in [0.1, 0.15) is 23.4 Å². The number of hydrogen-bond acceptors (Lipinski definition) is 6. The van der Waals surface area contributed by atoms with E-state index in [0.29, 0.717) is 42.1 Å². The van der Waals surface area contributed by atoms with Crippen LogP contribution in [0.3, 0.4) is 0 Å². The molecule has 9 nitrogen and oxygen atoms in total. The number of nitrogens with two attached hydrogens (primary N) is 1. The summed E-state index contributed by atoms with van der Waals surface area (Å²) in [4.78, 5) is 41.3. The minimum atomic E-state index is -0.566. The monoisotopic (exact) mass is 531 g/mol. The average molecular weight is 532 g/mol. The fourth-order valence-corrected chi connectivity index (χ4v) is 5.48. The van der Waals surface area contributed by atoms with Gasteiger partial charge < -0.3 is 26.0 Å². The molecule has 2 aliphatic rings. The van der Waals surface area contributed by atoms with Gasteiger partial charge >= 0.3 is 0 Å². The Bertz CT molecular complexity index is 1350. The summed E-state index contributed by atoms with van der Waals surface area (Å²) in [6.45, 7) is 0.648. The van der Waals surface area contributed by atoms with Crippen LogP contribution in [0.5, 0.6) is 11.5 Å². The molecular weight excluding hydrogens is 502 g/mol. The van der Waals surface area contributed by atoms with Crippen LogP contribution in [-0.4, -0.2) is 47.6 Å². The normalized spacial score (nSPS) is 17.2. The summed E-state index contributed by atoms with van der Waals surface area (Å²) in [5, 5.41) is 14.9. The molecule has 1 atom stereocenters. The van der Waals surface area contributed by atoms with Gasteiger partial charge in [0.05, 0.1) is 13.1 Å². The Morgan fingerprint density at radius 1 is 1.03 bits per heavy atom. The number of nitrogen functional groups attached to an aromatic ring is 1. The topological polar surface area (TPSA) is 138 Å². The first-order chi connectivity index (χ1) is 18.3. The predicted molar refractivity (Wildman–Crippen MR) is 144 cm³/mol. The first kappa shape index (κ1) is 25.5. The number of benzene rings is 2. The maximum atomic E-state index is 13.1. The summed E-state index contributed by atoms with van der Waals surface area (Å²) in [6, 6.07) is 17.3. The second kappa shape index (κ2) is 10.7. The number of likely N-dealkylation sites (tertiary alicyclic amines) is 1. The van der Waals surface area contributed by atoms with Crippen molar-refractivity contribution in [3.63, 3.8) is 0 Å². The molecule has 5 N–H and O–H groups in total. The van der Waals surface area contributed by atoms with E-state index in [-0.39, 0.29) is 35.5 Å². The zero-order valence-corrected chi connectivity index (χ0v) is 21.6. The largest absolute Gasteiger partial charge is 0.457 e. The highest BCUT2D eigenvalue weighted by Crippen LogP contribution is 2.54. The lowest BCUT2D eigenvalue weighted by atomic mass is 10.0. The number of rotatable bonds is 9. The Kier molecular flexibility index (Phi) is 7.15. The van der Waals surface area contributed by atoms with Gasteiger partial charge in [0, 0.05) is 27.9 Å². The molecule has 1 saturated carbocycles. The van der Waals surface area contributed by atoms with Crippen molar-refractivity contribution in [1.29, 1.82) is 5.41 Å². The highest BCUT2D eigenvalue weighted by atomic mass is 32.1. The number of thiophene rings is 1. The van der Waals surface area contributed by atoms with Crippen molar-refractivity contribution in [2.75, 3.05) is 13.1 Å². The Morgan fingerprint density at radius 2 is 1.74 bits per heavy atom. The van der Waals surface area contributed by atoms with Crippen LogP contribution in [0.2, 0.25) is 0 Å². The number of ether oxygens (including phenoxy) is 1. The molecule has 3 amide bonds. The molecule has 1 spiro atoms. The first-order valence-electron chi connectivity index (χ1n) is 12.4. The minimum absolute atomic E-state index is 0.0134.